The van der Waals surface area contributed by atoms with Crippen molar-refractivity contribution in [1.29, 1.82) is 0 Å². The molecule has 3 aromatic carbocycles. The molecule has 0 aliphatic carbocycles. The Kier molecular flexibility index (Phi) is 10.8. The molecule has 268 valence electrons. The van der Waals surface area contributed by atoms with E-state index in [0.29, 0.717) is 48.6 Å². The van der Waals surface area contributed by atoms with Crippen LogP contribution in [0, 0.1) is 6.92 Å². The predicted molar refractivity (Wildman–Crippen MR) is 202 cm³/mol. The van der Waals surface area contributed by atoms with E-state index in [-0.39, 0.29) is 17.9 Å². The molecule has 9 nitrogen and oxygen atoms in total. The zero-order valence-corrected chi connectivity index (χ0v) is 30.7. The molecule has 0 spiro atoms. The van der Waals surface area contributed by atoms with Crippen LogP contribution in [0.2, 0.25) is 0 Å². The molecular formula is C42H51N5O4. The van der Waals surface area contributed by atoms with Crippen molar-refractivity contribution < 1.29 is 19.1 Å². The highest BCUT2D eigenvalue weighted by Gasteiger charge is 2.33. The number of hydrogen-bond acceptors (Lipinski definition) is 5. The lowest BCUT2D eigenvalue weighted by atomic mass is 9.90. The molecule has 0 bridgehead atoms. The number of carbonyl (C=O) groups excluding carboxylic acids is 3. The van der Waals surface area contributed by atoms with Gasteiger partial charge in [0.05, 0.1) is 11.3 Å². The maximum absolute atomic E-state index is 14.8. The number of anilines is 1. The topological polar surface area (TPSA) is 101 Å². The molecule has 1 atom stereocenters. The van der Waals surface area contributed by atoms with Crippen molar-refractivity contribution in [3.8, 4) is 17.0 Å². The summed E-state index contributed by atoms with van der Waals surface area (Å²) in [4.78, 5) is 47.8. The predicted octanol–water partition coefficient (Wildman–Crippen LogP) is 7.77. The molecule has 2 aliphatic heterocycles. The van der Waals surface area contributed by atoms with Crippen LogP contribution in [0.15, 0.2) is 66.7 Å². The van der Waals surface area contributed by atoms with E-state index in [1.807, 2.05) is 42.0 Å². The second-order valence-electron chi connectivity index (χ2n) is 14.1. The van der Waals surface area contributed by atoms with E-state index in [0.717, 1.165) is 78.8 Å². The molecule has 2 aliphatic rings. The van der Waals surface area contributed by atoms with Crippen molar-refractivity contribution in [3.05, 3.63) is 106 Å². The molecule has 1 aromatic heterocycles. The van der Waals surface area contributed by atoms with Crippen LogP contribution in [0.5, 0.6) is 5.75 Å². The Labute approximate surface area is 302 Å². The third-order valence-electron chi connectivity index (χ3n) is 10.6. The highest BCUT2D eigenvalue weighted by Crippen LogP contribution is 2.36. The second-order valence-corrected chi connectivity index (χ2v) is 14.1. The number of unbranched alkanes of at least 4 members (excludes halogenated alkanes) is 2. The minimum Gasteiger partial charge on any atom is -0.408 e. The zero-order valence-electron chi connectivity index (χ0n) is 30.7. The van der Waals surface area contributed by atoms with Gasteiger partial charge in [-0.2, -0.15) is 0 Å². The first-order valence-corrected chi connectivity index (χ1v) is 18.4. The summed E-state index contributed by atoms with van der Waals surface area (Å²) in [6.07, 6.45) is 4.84. The maximum Gasteiger partial charge on any atom is 0.415 e. The molecular weight excluding hydrogens is 638 g/mol. The lowest BCUT2D eigenvalue weighted by molar-refractivity contribution is 0.0658. The largest absolute Gasteiger partial charge is 0.415 e. The number of carbonyl (C=O) groups is 3. The molecule has 6 rings (SSSR count). The van der Waals surface area contributed by atoms with Crippen LogP contribution in [0.3, 0.4) is 0 Å². The average molecular weight is 690 g/mol. The van der Waals surface area contributed by atoms with Crippen molar-refractivity contribution in [2.24, 2.45) is 7.05 Å². The van der Waals surface area contributed by atoms with Gasteiger partial charge >= 0.3 is 6.09 Å². The molecule has 0 saturated heterocycles. The van der Waals surface area contributed by atoms with Crippen molar-refractivity contribution in [1.82, 2.24) is 19.3 Å². The lowest BCUT2D eigenvalue weighted by Crippen LogP contribution is -2.43. The van der Waals surface area contributed by atoms with E-state index in [4.69, 9.17) is 10.5 Å². The number of nitrogen functional groups attached to an aromatic ring is 1. The van der Waals surface area contributed by atoms with E-state index >= 15 is 0 Å². The number of rotatable bonds is 10. The fourth-order valence-electron chi connectivity index (χ4n) is 7.35. The Morgan fingerprint density at radius 3 is 2.25 bits per heavy atom. The summed E-state index contributed by atoms with van der Waals surface area (Å²) in [5, 5.41) is 0. The van der Waals surface area contributed by atoms with Crippen LogP contribution in [0.1, 0.15) is 95.1 Å². The number of aromatic nitrogens is 1. The fourth-order valence-corrected chi connectivity index (χ4v) is 7.35. The highest BCUT2D eigenvalue weighted by molar-refractivity contribution is 6.03. The number of amides is 3. The van der Waals surface area contributed by atoms with Gasteiger partial charge in [0, 0.05) is 68.3 Å². The molecule has 0 saturated carbocycles. The standard InChI is InChI=1S/C42H51N5O4/c1-6-8-19-45(20-9-7-2)40(48)34-25-38(44(5)29(34)4)35-23-31-18-21-46(42(50)51-39-17-13-12-16-37(39)43)26-33(31)24-36(35)41(49)47-27-32-15-11-10-14-30(32)22-28(47)3/h10-17,23-25,28H,6-9,18-22,26-27,43H2,1-5H3/t28-/m1/s1. The van der Waals surface area contributed by atoms with Gasteiger partial charge in [-0.05, 0) is 92.1 Å². The van der Waals surface area contributed by atoms with Crippen LogP contribution in [0.4, 0.5) is 10.5 Å². The van der Waals surface area contributed by atoms with E-state index in [1.54, 1.807) is 29.2 Å². The summed E-state index contributed by atoms with van der Waals surface area (Å²) in [5.41, 5.74) is 14.6. The van der Waals surface area contributed by atoms with Gasteiger partial charge in [-0.15, -0.1) is 0 Å². The third-order valence-corrected chi connectivity index (χ3v) is 10.6. The highest BCUT2D eigenvalue weighted by atomic mass is 16.6. The number of ether oxygens (including phenoxy) is 1. The molecule has 0 radical (unpaired) electrons. The first-order valence-electron chi connectivity index (χ1n) is 18.4. The monoisotopic (exact) mass is 689 g/mol. The normalized spacial score (nSPS) is 15.3. The Bertz CT molecular complexity index is 1920. The van der Waals surface area contributed by atoms with Gasteiger partial charge in [0.1, 0.15) is 0 Å². The molecule has 0 unspecified atom stereocenters. The quantitative estimate of drug-likeness (QED) is 0.172. The van der Waals surface area contributed by atoms with Crippen LogP contribution in [-0.4, -0.2) is 62.9 Å². The summed E-state index contributed by atoms with van der Waals surface area (Å²) in [7, 11) is 1.98. The van der Waals surface area contributed by atoms with Gasteiger partial charge in [-0.1, -0.05) is 63.1 Å². The van der Waals surface area contributed by atoms with Crippen molar-refractivity contribution in [2.45, 2.75) is 85.4 Å². The van der Waals surface area contributed by atoms with E-state index in [2.05, 4.69) is 49.6 Å². The average Bonchev–Trinajstić information content (AvgIpc) is 3.43. The third kappa shape index (κ3) is 7.39. The van der Waals surface area contributed by atoms with Crippen molar-refractivity contribution >= 4 is 23.6 Å². The number of nitrogens with two attached hydrogens (primary N) is 1. The Hall–Kier alpha value is -5.05. The zero-order chi connectivity index (χ0) is 36.2. The van der Waals surface area contributed by atoms with Gasteiger partial charge < -0.3 is 29.7 Å². The molecule has 51 heavy (non-hydrogen) atoms. The second kappa shape index (κ2) is 15.5. The number of para-hydroxylation sites is 2. The minimum absolute atomic E-state index is 0.00272. The van der Waals surface area contributed by atoms with Crippen LogP contribution < -0.4 is 10.5 Å². The first kappa shape index (κ1) is 35.8. The summed E-state index contributed by atoms with van der Waals surface area (Å²) in [5.74, 6) is 0.300. The van der Waals surface area contributed by atoms with Crippen LogP contribution >= 0.6 is 0 Å². The maximum atomic E-state index is 14.8. The molecule has 0 fully saturated rings. The summed E-state index contributed by atoms with van der Waals surface area (Å²) >= 11 is 0. The Morgan fingerprint density at radius 2 is 1.55 bits per heavy atom. The summed E-state index contributed by atoms with van der Waals surface area (Å²) < 4.78 is 7.73. The fraction of sp³-hybridized carbons (Fsp3) is 0.405. The first-order chi connectivity index (χ1) is 24.6. The molecule has 9 heteroatoms. The van der Waals surface area contributed by atoms with Gasteiger partial charge in [0.15, 0.2) is 5.75 Å². The molecule has 2 N–H and O–H groups in total. The van der Waals surface area contributed by atoms with E-state index in [1.165, 1.54) is 5.56 Å². The molecule has 4 aromatic rings. The van der Waals surface area contributed by atoms with E-state index in [9.17, 15) is 14.4 Å². The number of fused-ring (bicyclic) bond motifs is 2. The Balaban J connectivity index is 1.39. The number of nitrogens with zero attached hydrogens (tertiary/aromatic N) is 4. The number of hydrogen-bond donors (Lipinski definition) is 1. The van der Waals surface area contributed by atoms with Gasteiger partial charge in [-0.25, -0.2) is 4.79 Å². The van der Waals surface area contributed by atoms with Crippen molar-refractivity contribution in [3.63, 3.8) is 0 Å². The van der Waals surface area contributed by atoms with Gasteiger partial charge in [0.25, 0.3) is 11.8 Å². The van der Waals surface area contributed by atoms with Crippen LogP contribution in [-0.2, 0) is 33.0 Å². The lowest BCUT2D eigenvalue weighted by Gasteiger charge is -2.36. The SMILES string of the molecule is CCCCN(CCCC)C(=O)c1cc(-c2cc3c(cc2C(=O)N2Cc4ccccc4C[C@H]2C)CN(C(=O)Oc2ccccc2N)CC3)n(C)c1C. The molecule has 3 amide bonds. The van der Waals surface area contributed by atoms with Gasteiger partial charge in [0.2, 0.25) is 0 Å². The van der Waals surface area contributed by atoms with Crippen molar-refractivity contribution in [2.75, 3.05) is 25.4 Å². The summed E-state index contributed by atoms with van der Waals surface area (Å²) in [6, 6.07) is 21.3. The number of benzene rings is 3. The smallest absolute Gasteiger partial charge is 0.408 e. The minimum atomic E-state index is -0.478. The van der Waals surface area contributed by atoms with Crippen LogP contribution in [0.25, 0.3) is 11.3 Å². The summed E-state index contributed by atoms with van der Waals surface area (Å²) in [6.45, 7) is 11.1. The Morgan fingerprint density at radius 1 is 0.863 bits per heavy atom. The van der Waals surface area contributed by atoms with Gasteiger partial charge in [-0.3, -0.25) is 9.59 Å². The molecule has 3 heterocycles. The van der Waals surface area contributed by atoms with E-state index < -0.39 is 6.09 Å².